The van der Waals surface area contributed by atoms with Crippen molar-refractivity contribution in [2.45, 2.75) is 12.7 Å². The fourth-order valence-electron chi connectivity index (χ4n) is 3.52. The van der Waals surface area contributed by atoms with Crippen LogP contribution in [0, 0.1) is 0 Å². The molecule has 156 valence electrons. The summed E-state index contributed by atoms with van der Waals surface area (Å²) >= 11 is 0. The normalized spacial score (nSPS) is 14.5. The summed E-state index contributed by atoms with van der Waals surface area (Å²) in [6, 6.07) is 10.2. The van der Waals surface area contributed by atoms with Gasteiger partial charge in [-0.05, 0) is 29.8 Å². The third kappa shape index (κ3) is 3.83. The summed E-state index contributed by atoms with van der Waals surface area (Å²) in [6.07, 6.45) is -0.991. The summed E-state index contributed by atoms with van der Waals surface area (Å²) in [4.78, 5) is 16.0. The first kappa shape index (κ1) is 19.8. The molecule has 1 aromatic heterocycles. The molecule has 30 heavy (non-hydrogen) atoms. The van der Waals surface area contributed by atoms with Gasteiger partial charge >= 0.3 is 12.2 Å². The Bertz CT molecular complexity index is 1050. The fourth-order valence-corrected chi connectivity index (χ4v) is 3.52. The second kappa shape index (κ2) is 7.74. The number of nitrogens with one attached hydrogen (secondary N) is 1. The van der Waals surface area contributed by atoms with Crippen molar-refractivity contribution in [3.05, 3.63) is 66.0 Å². The molecule has 0 unspecified atom stereocenters. The van der Waals surface area contributed by atoms with Gasteiger partial charge in [0.25, 0.3) is 0 Å². The van der Waals surface area contributed by atoms with Crippen molar-refractivity contribution in [3.63, 3.8) is 0 Å². The maximum atomic E-state index is 12.9. The van der Waals surface area contributed by atoms with Gasteiger partial charge in [0.2, 0.25) is 0 Å². The molecule has 2 aromatic carbocycles. The largest absolute Gasteiger partial charge is 0.496 e. The number of hydrogen-bond donors (Lipinski definition) is 1. The lowest BCUT2D eigenvalue weighted by Crippen LogP contribution is -2.31. The Kier molecular flexibility index (Phi) is 5.11. The summed E-state index contributed by atoms with van der Waals surface area (Å²) in [5.41, 5.74) is 2.08. The number of ether oxygens (including phenoxy) is 1. The Balaban J connectivity index is 1.52. The lowest BCUT2D eigenvalue weighted by Gasteiger charge is -2.20. The first-order chi connectivity index (χ1) is 14.4. The summed E-state index contributed by atoms with van der Waals surface area (Å²) < 4.78 is 44.3. The fraction of sp³-hybridized carbons (Fsp3) is 0.238. The highest BCUT2D eigenvalue weighted by Gasteiger charge is 2.32. The summed E-state index contributed by atoms with van der Waals surface area (Å²) in [6.45, 7) is 0.969. The van der Waals surface area contributed by atoms with Crippen molar-refractivity contribution < 1.29 is 22.7 Å². The molecule has 1 saturated heterocycles. The van der Waals surface area contributed by atoms with E-state index < -0.39 is 11.7 Å². The topological polar surface area (TPSA) is 61.5 Å². The first-order valence-electron chi connectivity index (χ1n) is 9.26. The molecular formula is C21H19F3N4O2. The van der Waals surface area contributed by atoms with E-state index in [1.54, 1.807) is 36.5 Å². The van der Waals surface area contributed by atoms with E-state index in [0.29, 0.717) is 30.1 Å². The molecule has 4 rings (SSSR count). The SMILES string of the molecule is COc1cc(N2CCN(Cc3cccc(C(F)(F)F)c3)C2=O)ccc1-c1cn[nH]c1. The smallest absolute Gasteiger partial charge is 0.416 e. The first-order valence-corrected chi connectivity index (χ1v) is 9.26. The van der Waals surface area contributed by atoms with E-state index in [4.69, 9.17) is 4.74 Å². The Morgan fingerprint density at radius 3 is 2.70 bits per heavy atom. The minimum absolute atomic E-state index is 0.115. The summed E-state index contributed by atoms with van der Waals surface area (Å²) in [5, 5.41) is 6.69. The van der Waals surface area contributed by atoms with Crippen LogP contribution in [0.15, 0.2) is 54.9 Å². The number of amides is 2. The molecule has 6 nitrogen and oxygen atoms in total. The summed E-state index contributed by atoms with van der Waals surface area (Å²) in [7, 11) is 1.55. The Hall–Kier alpha value is -3.49. The third-order valence-electron chi connectivity index (χ3n) is 5.03. The minimum Gasteiger partial charge on any atom is -0.496 e. The Morgan fingerprint density at radius 2 is 2.00 bits per heavy atom. The van der Waals surface area contributed by atoms with Crippen LogP contribution < -0.4 is 9.64 Å². The number of carbonyl (C=O) groups excluding carboxylic acids is 1. The molecule has 3 aromatic rings. The third-order valence-corrected chi connectivity index (χ3v) is 5.03. The number of rotatable bonds is 5. The van der Waals surface area contributed by atoms with Gasteiger partial charge in [0.05, 0.1) is 18.9 Å². The van der Waals surface area contributed by atoms with Gasteiger partial charge in [-0.3, -0.25) is 10.00 Å². The number of anilines is 1. The maximum Gasteiger partial charge on any atom is 0.416 e. The zero-order valence-electron chi connectivity index (χ0n) is 16.1. The van der Waals surface area contributed by atoms with Crippen LogP contribution in [-0.4, -0.2) is 41.3 Å². The van der Waals surface area contributed by atoms with E-state index in [1.165, 1.54) is 11.0 Å². The number of hydrogen-bond acceptors (Lipinski definition) is 3. The predicted molar refractivity (Wildman–Crippen MR) is 105 cm³/mol. The number of aromatic nitrogens is 2. The van der Waals surface area contributed by atoms with Crippen LogP contribution in [0.5, 0.6) is 5.75 Å². The van der Waals surface area contributed by atoms with Crippen molar-refractivity contribution in [1.82, 2.24) is 15.1 Å². The second-order valence-corrected chi connectivity index (χ2v) is 6.93. The molecule has 2 heterocycles. The molecular weight excluding hydrogens is 397 g/mol. The molecule has 1 fully saturated rings. The van der Waals surface area contributed by atoms with Crippen LogP contribution in [0.4, 0.5) is 23.7 Å². The molecule has 0 radical (unpaired) electrons. The molecule has 1 aliphatic rings. The Labute approximate surface area is 170 Å². The van der Waals surface area contributed by atoms with Crippen molar-refractivity contribution in [2.75, 3.05) is 25.1 Å². The predicted octanol–water partition coefficient (Wildman–Crippen LogP) is 4.55. The molecule has 2 amide bonds. The second-order valence-electron chi connectivity index (χ2n) is 6.93. The van der Waals surface area contributed by atoms with Crippen molar-refractivity contribution >= 4 is 11.7 Å². The van der Waals surface area contributed by atoms with Crippen molar-refractivity contribution in [3.8, 4) is 16.9 Å². The van der Waals surface area contributed by atoms with Gasteiger partial charge in [0, 0.05) is 48.7 Å². The van der Waals surface area contributed by atoms with Crippen LogP contribution in [0.2, 0.25) is 0 Å². The van der Waals surface area contributed by atoms with Gasteiger partial charge in [0.15, 0.2) is 0 Å². The number of alkyl halides is 3. The average Bonchev–Trinajstić information content (AvgIpc) is 3.38. The van der Waals surface area contributed by atoms with Gasteiger partial charge in [0.1, 0.15) is 5.75 Å². The van der Waals surface area contributed by atoms with E-state index >= 15 is 0 Å². The molecule has 9 heteroatoms. The van der Waals surface area contributed by atoms with Crippen LogP contribution in [-0.2, 0) is 12.7 Å². The highest BCUT2D eigenvalue weighted by Crippen LogP contribution is 2.34. The standard InChI is InChI=1S/C21H19F3N4O2/c1-30-19-10-17(5-6-18(19)15-11-25-26-12-15)28-8-7-27(20(28)29)13-14-3-2-4-16(9-14)21(22,23)24/h2-6,9-12H,7-8,13H2,1H3,(H,25,26). The number of halogens is 3. The molecule has 1 aliphatic heterocycles. The number of benzene rings is 2. The van der Waals surface area contributed by atoms with Gasteiger partial charge in [-0.1, -0.05) is 12.1 Å². The highest BCUT2D eigenvalue weighted by atomic mass is 19.4. The lowest BCUT2D eigenvalue weighted by molar-refractivity contribution is -0.137. The number of H-pyrrole nitrogens is 1. The number of carbonyl (C=O) groups is 1. The van der Waals surface area contributed by atoms with Crippen LogP contribution in [0.3, 0.4) is 0 Å². The highest BCUT2D eigenvalue weighted by molar-refractivity contribution is 5.95. The van der Waals surface area contributed by atoms with Gasteiger partial charge < -0.3 is 9.64 Å². The number of aromatic amines is 1. The molecule has 0 aliphatic carbocycles. The zero-order chi connectivity index (χ0) is 21.3. The van der Waals surface area contributed by atoms with Gasteiger partial charge in [-0.15, -0.1) is 0 Å². The van der Waals surface area contributed by atoms with E-state index in [2.05, 4.69) is 10.2 Å². The Morgan fingerprint density at radius 1 is 1.17 bits per heavy atom. The molecule has 0 atom stereocenters. The monoisotopic (exact) mass is 416 g/mol. The zero-order valence-corrected chi connectivity index (χ0v) is 16.1. The molecule has 0 saturated carbocycles. The number of urea groups is 1. The van der Waals surface area contributed by atoms with Gasteiger partial charge in [-0.25, -0.2) is 4.79 Å². The lowest BCUT2D eigenvalue weighted by atomic mass is 10.1. The van der Waals surface area contributed by atoms with Crippen molar-refractivity contribution in [2.24, 2.45) is 0 Å². The van der Waals surface area contributed by atoms with E-state index in [-0.39, 0.29) is 12.6 Å². The van der Waals surface area contributed by atoms with Gasteiger partial charge in [-0.2, -0.15) is 18.3 Å². The number of nitrogens with zero attached hydrogens (tertiary/aromatic N) is 3. The van der Waals surface area contributed by atoms with Crippen LogP contribution >= 0.6 is 0 Å². The molecule has 0 spiro atoms. The molecule has 0 bridgehead atoms. The van der Waals surface area contributed by atoms with E-state index in [9.17, 15) is 18.0 Å². The van der Waals surface area contributed by atoms with Crippen molar-refractivity contribution in [1.29, 1.82) is 0 Å². The summed E-state index contributed by atoms with van der Waals surface area (Å²) in [5.74, 6) is 0.595. The quantitative estimate of drug-likeness (QED) is 0.664. The minimum atomic E-state index is -4.41. The van der Waals surface area contributed by atoms with E-state index in [1.807, 2.05) is 12.1 Å². The van der Waals surface area contributed by atoms with Crippen LogP contribution in [0.25, 0.3) is 11.1 Å². The average molecular weight is 416 g/mol. The van der Waals surface area contributed by atoms with E-state index in [0.717, 1.165) is 23.3 Å². The number of methoxy groups -OCH3 is 1. The molecule has 1 N–H and O–H groups in total. The maximum absolute atomic E-state index is 12.9. The van der Waals surface area contributed by atoms with Crippen LogP contribution in [0.1, 0.15) is 11.1 Å².